The summed E-state index contributed by atoms with van der Waals surface area (Å²) in [6, 6.07) is 0. The first-order valence-corrected chi connectivity index (χ1v) is 9.72. The van der Waals surface area contributed by atoms with Crippen LogP contribution in [0, 0.1) is 0 Å². The maximum atomic E-state index is 4.10. The lowest BCUT2D eigenvalue weighted by Gasteiger charge is -2.01. The summed E-state index contributed by atoms with van der Waals surface area (Å²) in [4.78, 5) is 0. The van der Waals surface area contributed by atoms with Crippen LogP contribution in [0.1, 0.15) is 71.1 Å². The minimum atomic E-state index is 1.27. The SMILES string of the molecule is CCCCCCCCCCCCSSS. The Morgan fingerprint density at radius 3 is 1.67 bits per heavy atom. The molecule has 0 bridgehead atoms. The lowest BCUT2D eigenvalue weighted by Crippen LogP contribution is -1.82. The summed E-state index contributed by atoms with van der Waals surface area (Å²) < 4.78 is 0. The molecule has 0 aliphatic carbocycles. The van der Waals surface area contributed by atoms with Crippen LogP contribution in [0.2, 0.25) is 0 Å². The molecule has 0 fully saturated rings. The molecule has 0 saturated heterocycles. The minimum absolute atomic E-state index is 1.27. The van der Waals surface area contributed by atoms with Gasteiger partial charge in [0.2, 0.25) is 0 Å². The maximum Gasteiger partial charge on any atom is 0.00450 e. The zero-order valence-corrected chi connectivity index (χ0v) is 12.6. The number of hydrogen-bond donors (Lipinski definition) is 1. The summed E-state index contributed by atoms with van der Waals surface area (Å²) in [5.41, 5.74) is 0. The van der Waals surface area contributed by atoms with E-state index in [9.17, 15) is 0 Å². The standard InChI is InChI=1S/C12H26S3/c1-2-3-4-5-6-7-8-9-10-11-12-14-15-13/h13H,2-12H2,1H3. The van der Waals surface area contributed by atoms with Crippen molar-refractivity contribution >= 4 is 32.3 Å². The van der Waals surface area contributed by atoms with E-state index in [2.05, 4.69) is 18.6 Å². The Labute approximate surface area is 109 Å². The molecule has 0 aliphatic heterocycles. The van der Waals surface area contributed by atoms with Crippen molar-refractivity contribution in [2.75, 3.05) is 5.75 Å². The normalized spacial score (nSPS) is 10.8. The van der Waals surface area contributed by atoms with Crippen LogP contribution in [0.3, 0.4) is 0 Å². The van der Waals surface area contributed by atoms with E-state index >= 15 is 0 Å². The zero-order valence-electron chi connectivity index (χ0n) is 10.0. The van der Waals surface area contributed by atoms with Crippen LogP contribution < -0.4 is 0 Å². The predicted molar refractivity (Wildman–Crippen MR) is 80.9 cm³/mol. The van der Waals surface area contributed by atoms with E-state index in [1.54, 1.807) is 9.83 Å². The fraction of sp³-hybridized carbons (Fsp3) is 1.00. The summed E-state index contributed by atoms with van der Waals surface area (Å²) in [7, 11) is 3.46. The van der Waals surface area contributed by atoms with Crippen molar-refractivity contribution in [3.8, 4) is 0 Å². The minimum Gasteiger partial charge on any atom is -0.0997 e. The predicted octanol–water partition coefficient (Wildman–Crippen LogP) is 6.13. The first kappa shape index (κ1) is 16.1. The second-order valence-electron chi connectivity index (χ2n) is 4.08. The first-order valence-electron chi connectivity index (χ1n) is 6.35. The molecule has 0 aromatic heterocycles. The molecule has 0 aromatic rings. The highest BCUT2D eigenvalue weighted by atomic mass is 33.5. The van der Waals surface area contributed by atoms with E-state index in [0.717, 1.165) is 0 Å². The summed E-state index contributed by atoms with van der Waals surface area (Å²) in [6.45, 7) is 2.28. The summed E-state index contributed by atoms with van der Waals surface area (Å²) in [5, 5.41) is 0. The third kappa shape index (κ3) is 15.1. The topological polar surface area (TPSA) is 0 Å². The van der Waals surface area contributed by atoms with Crippen molar-refractivity contribution in [2.45, 2.75) is 71.1 Å². The Balaban J connectivity index is 2.81. The van der Waals surface area contributed by atoms with E-state index in [1.807, 2.05) is 10.8 Å². The van der Waals surface area contributed by atoms with Gasteiger partial charge in [0.1, 0.15) is 0 Å². The number of thiol groups is 1. The molecule has 15 heavy (non-hydrogen) atoms. The molecule has 0 radical (unpaired) electrons. The fourth-order valence-electron chi connectivity index (χ4n) is 1.69. The van der Waals surface area contributed by atoms with E-state index in [4.69, 9.17) is 0 Å². The highest BCUT2D eigenvalue weighted by Crippen LogP contribution is 2.25. The molecular weight excluding hydrogens is 240 g/mol. The van der Waals surface area contributed by atoms with E-state index in [0.29, 0.717) is 0 Å². The van der Waals surface area contributed by atoms with Crippen molar-refractivity contribution in [3.63, 3.8) is 0 Å². The molecule has 92 valence electrons. The van der Waals surface area contributed by atoms with Crippen molar-refractivity contribution in [3.05, 3.63) is 0 Å². The van der Waals surface area contributed by atoms with Crippen LogP contribution >= 0.6 is 32.3 Å². The van der Waals surface area contributed by atoms with Gasteiger partial charge < -0.3 is 0 Å². The second-order valence-corrected chi connectivity index (χ2v) is 7.37. The molecule has 0 heterocycles. The number of rotatable bonds is 12. The van der Waals surface area contributed by atoms with Gasteiger partial charge in [0.15, 0.2) is 0 Å². The molecule has 0 nitrogen and oxygen atoms in total. The van der Waals surface area contributed by atoms with Gasteiger partial charge in [0.05, 0.1) is 0 Å². The average Bonchev–Trinajstić information content (AvgIpc) is 2.26. The molecular formula is C12H26S3. The first-order chi connectivity index (χ1) is 7.41. The lowest BCUT2D eigenvalue weighted by atomic mass is 10.1. The molecule has 0 unspecified atom stereocenters. The van der Waals surface area contributed by atoms with Crippen LogP contribution in [-0.4, -0.2) is 5.75 Å². The molecule has 0 aliphatic rings. The molecule has 0 aromatic carbocycles. The molecule has 3 heteroatoms. The highest BCUT2D eigenvalue weighted by molar-refractivity contribution is 9.05. The van der Waals surface area contributed by atoms with Crippen LogP contribution in [0.25, 0.3) is 0 Å². The van der Waals surface area contributed by atoms with Crippen molar-refractivity contribution in [1.82, 2.24) is 0 Å². The average molecular weight is 267 g/mol. The molecule has 0 atom stereocenters. The Morgan fingerprint density at radius 2 is 1.20 bits per heavy atom. The summed E-state index contributed by atoms with van der Waals surface area (Å²) >= 11 is 4.10. The second kappa shape index (κ2) is 15.0. The quantitative estimate of drug-likeness (QED) is 0.256. The van der Waals surface area contributed by atoms with E-state index in [1.165, 1.54) is 70.0 Å². The molecule has 0 saturated carbocycles. The van der Waals surface area contributed by atoms with Gasteiger partial charge in [-0.05, 0) is 16.2 Å². The van der Waals surface area contributed by atoms with Crippen LogP contribution in [0.5, 0.6) is 0 Å². The molecule has 0 rings (SSSR count). The Bertz CT molecular complexity index is 95.0. The monoisotopic (exact) mass is 266 g/mol. The summed E-state index contributed by atoms with van der Waals surface area (Å²) in [6.07, 6.45) is 14.3. The largest absolute Gasteiger partial charge is 0.0997 e. The number of unbranched alkanes of at least 4 members (excludes halogenated alkanes) is 9. The molecule has 0 amide bonds. The summed E-state index contributed by atoms with van der Waals surface area (Å²) in [5.74, 6) is 1.27. The van der Waals surface area contributed by atoms with E-state index < -0.39 is 0 Å². The van der Waals surface area contributed by atoms with Crippen LogP contribution in [0.15, 0.2) is 0 Å². The smallest absolute Gasteiger partial charge is 0.00450 e. The highest BCUT2D eigenvalue weighted by Gasteiger charge is 1.92. The Morgan fingerprint density at radius 1 is 0.733 bits per heavy atom. The van der Waals surface area contributed by atoms with Gasteiger partial charge in [-0.25, -0.2) is 0 Å². The van der Waals surface area contributed by atoms with Crippen molar-refractivity contribution in [1.29, 1.82) is 0 Å². The van der Waals surface area contributed by atoms with Gasteiger partial charge >= 0.3 is 0 Å². The van der Waals surface area contributed by atoms with Gasteiger partial charge in [0.25, 0.3) is 0 Å². The zero-order chi connectivity index (χ0) is 11.2. The van der Waals surface area contributed by atoms with E-state index in [-0.39, 0.29) is 0 Å². The van der Waals surface area contributed by atoms with Gasteiger partial charge in [-0.1, -0.05) is 87.2 Å². The van der Waals surface area contributed by atoms with Crippen molar-refractivity contribution < 1.29 is 0 Å². The van der Waals surface area contributed by atoms with Gasteiger partial charge in [-0.2, -0.15) is 0 Å². The van der Waals surface area contributed by atoms with Crippen LogP contribution in [0.4, 0.5) is 0 Å². The Hall–Kier alpha value is 1.05. The molecule has 0 spiro atoms. The lowest BCUT2D eigenvalue weighted by molar-refractivity contribution is 0.563. The van der Waals surface area contributed by atoms with Gasteiger partial charge in [0, 0.05) is 5.75 Å². The Kier molecular flexibility index (Phi) is 16.1. The number of hydrogen-bond acceptors (Lipinski definition) is 3. The maximum absolute atomic E-state index is 4.10. The fourth-order valence-corrected chi connectivity index (χ4v) is 3.33. The third-order valence-corrected chi connectivity index (χ3v) is 4.96. The van der Waals surface area contributed by atoms with Crippen molar-refractivity contribution in [2.24, 2.45) is 0 Å². The van der Waals surface area contributed by atoms with Gasteiger partial charge in [-0.3, -0.25) is 0 Å². The third-order valence-electron chi connectivity index (χ3n) is 2.63. The molecule has 0 N–H and O–H groups in total. The van der Waals surface area contributed by atoms with Gasteiger partial charge in [-0.15, -0.1) is 0 Å². The van der Waals surface area contributed by atoms with Crippen LogP contribution in [-0.2, 0) is 0 Å².